The number of carbonyl (C=O) groups excluding carboxylic acids is 1. The quantitative estimate of drug-likeness (QED) is 0.516. The Bertz CT molecular complexity index is 600. The zero-order valence-electron chi connectivity index (χ0n) is 17.7. The summed E-state index contributed by atoms with van der Waals surface area (Å²) in [5, 5.41) is 3.01. The molecule has 0 radical (unpaired) electrons. The van der Waals surface area contributed by atoms with Gasteiger partial charge in [0.15, 0.2) is 11.5 Å². The van der Waals surface area contributed by atoms with Crippen LogP contribution in [0.2, 0.25) is 0 Å². The molecule has 1 heterocycles. The van der Waals surface area contributed by atoms with E-state index in [4.69, 9.17) is 14.2 Å². The van der Waals surface area contributed by atoms with Gasteiger partial charge in [0.05, 0.1) is 25.9 Å². The van der Waals surface area contributed by atoms with Crippen molar-refractivity contribution in [1.29, 1.82) is 0 Å². The minimum absolute atomic E-state index is 0.142. The maximum Gasteiger partial charge on any atom is 0.255 e. The average molecular weight is 393 g/mol. The van der Waals surface area contributed by atoms with Crippen molar-refractivity contribution in [2.75, 3.05) is 46.5 Å². The maximum absolute atomic E-state index is 12.7. The lowest BCUT2D eigenvalue weighted by Gasteiger charge is -2.19. The third kappa shape index (κ3) is 6.59. The van der Waals surface area contributed by atoms with Crippen molar-refractivity contribution in [3.8, 4) is 17.2 Å². The van der Waals surface area contributed by atoms with Crippen LogP contribution < -0.4 is 19.5 Å². The van der Waals surface area contributed by atoms with Crippen LogP contribution in [-0.4, -0.2) is 57.3 Å². The summed E-state index contributed by atoms with van der Waals surface area (Å²) in [6, 6.07) is 3.58. The lowest BCUT2D eigenvalue weighted by molar-refractivity contribution is 0.0945. The Kier molecular flexibility index (Phi) is 9.97. The van der Waals surface area contributed by atoms with Crippen LogP contribution in [0.15, 0.2) is 12.1 Å². The normalized spacial score (nSPS) is 14.1. The number of nitrogens with one attached hydrogen (secondary N) is 1. The Morgan fingerprint density at radius 2 is 1.71 bits per heavy atom. The first-order valence-corrected chi connectivity index (χ1v) is 10.7. The van der Waals surface area contributed by atoms with Gasteiger partial charge in [0, 0.05) is 13.1 Å². The number of amides is 1. The van der Waals surface area contributed by atoms with Gasteiger partial charge in [-0.1, -0.05) is 26.7 Å². The molecule has 0 unspecified atom stereocenters. The molecule has 1 aliphatic heterocycles. The summed E-state index contributed by atoms with van der Waals surface area (Å²) in [6.07, 6.45) is 6.49. The van der Waals surface area contributed by atoms with Crippen LogP contribution in [0.5, 0.6) is 17.2 Å². The van der Waals surface area contributed by atoms with E-state index in [9.17, 15) is 4.79 Å². The van der Waals surface area contributed by atoms with Crippen molar-refractivity contribution >= 4 is 5.91 Å². The number of hydrogen-bond donors (Lipinski definition) is 1. The largest absolute Gasteiger partial charge is 0.492 e. The second kappa shape index (κ2) is 12.5. The summed E-state index contributed by atoms with van der Waals surface area (Å²) >= 11 is 0. The van der Waals surface area contributed by atoms with Crippen LogP contribution in [0.25, 0.3) is 0 Å². The van der Waals surface area contributed by atoms with E-state index in [2.05, 4.69) is 24.1 Å². The highest BCUT2D eigenvalue weighted by Crippen LogP contribution is 2.40. The first-order chi connectivity index (χ1) is 13.7. The first kappa shape index (κ1) is 22.3. The van der Waals surface area contributed by atoms with Crippen LogP contribution >= 0.6 is 0 Å². The molecule has 158 valence electrons. The number of carbonyl (C=O) groups is 1. The molecular formula is C22H36N2O4. The van der Waals surface area contributed by atoms with E-state index in [1.54, 1.807) is 13.2 Å². The van der Waals surface area contributed by atoms with Gasteiger partial charge in [0.2, 0.25) is 5.75 Å². The summed E-state index contributed by atoms with van der Waals surface area (Å²) < 4.78 is 17.4. The fourth-order valence-electron chi connectivity index (χ4n) is 3.25. The lowest BCUT2D eigenvalue weighted by Crippen LogP contribution is -2.33. The molecule has 1 N–H and O–H groups in total. The van der Waals surface area contributed by atoms with Crippen molar-refractivity contribution in [2.45, 2.75) is 52.4 Å². The molecule has 2 rings (SSSR count). The minimum atomic E-state index is -0.142. The number of likely N-dealkylation sites (tertiary alicyclic amines) is 1. The van der Waals surface area contributed by atoms with E-state index >= 15 is 0 Å². The molecule has 0 spiro atoms. The molecular weight excluding hydrogens is 356 g/mol. The van der Waals surface area contributed by atoms with Gasteiger partial charge < -0.3 is 24.4 Å². The molecule has 1 aromatic rings. The van der Waals surface area contributed by atoms with Crippen molar-refractivity contribution in [3.63, 3.8) is 0 Å². The van der Waals surface area contributed by atoms with E-state index in [-0.39, 0.29) is 5.91 Å². The second-order valence-corrected chi connectivity index (χ2v) is 7.18. The molecule has 1 aromatic carbocycles. The molecule has 1 amide bonds. The fraction of sp³-hybridized carbons (Fsp3) is 0.682. The van der Waals surface area contributed by atoms with Gasteiger partial charge in [-0.2, -0.15) is 0 Å². The third-order valence-electron chi connectivity index (χ3n) is 4.94. The Morgan fingerprint density at radius 1 is 1.04 bits per heavy atom. The van der Waals surface area contributed by atoms with E-state index in [0.29, 0.717) is 42.6 Å². The van der Waals surface area contributed by atoms with Gasteiger partial charge >= 0.3 is 0 Å². The molecule has 0 saturated carbocycles. The predicted molar refractivity (Wildman–Crippen MR) is 112 cm³/mol. The monoisotopic (exact) mass is 392 g/mol. The number of unbranched alkanes of at least 4 members (excludes halogenated alkanes) is 2. The zero-order valence-corrected chi connectivity index (χ0v) is 17.7. The summed E-state index contributed by atoms with van der Waals surface area (Å²) in [4.78, 5) is 15.1. The van der Waals surface area contributed by atoms with Crippen LogP contribution in [0.1, 0.15) is 62.7 Å². The van der Waals surface area contributed by atoms with Gasteiger partial charge in [-0.05, 0) is 50.9 Å². The van der Waals surface area contributed by atoms with Crippen molar-refractivity contribution in [1.82, 2.24) is 10.2 Å². The standard InChI is InChI=1S/C22H36N2O4/c1-4-6-16-27-19-11-10-18(20(26-3)21(19)28-17-7-5-2)22(25)23-12-15-24-13-8-9-14-24/h10-11H,4-9,12-17H2,1-3H3,(H,23,25). The van der Waals surface area contributed by atoms with Crippen LogP contribution in [-0.2, 0) is 0 Å². The lowest BCUT2D eigenvalue weighted by atomic mass is 10.1. The van der Waals surface area contributed by atoms with E-state index in [1.807, 2.05) is 6.07 Å². The highest BCUT2D eigenvalue weighted by molar-refractivity contribution is 5.98. The first-order valence-electron chi connectivity index (χ1n) is 10.7. The van der Waals surface area contributed by atoms with Crippen LogP contribution in [0.4, 0.5) is 0 Å². The van der Waals surface area contributed by atoms with Crippen LogP contribution in [0.3, 0.4) is 0 Å². The number of ether oxygens (including phenoxy) is 3. The van der Waals surface area contributed by atoms with Gasteiger partial charge in [-0.15, -0.1) is 0 Å². The second-order valence-electron chi connectivity index (χ2n) is 7.18. The number of benzene rings is 1. The van der Waals surface area contributed by atoms with Gasteiger partial charge in [-0.3, -0.25) is 4.79 Å². The SMILES string of the molecule is CCCCOc1ccc(C(=O)NCCN2CCCC2)c(OC)c1OCCCC. The summed E-state index contributed by atoms with van der Waals surface area (Å²) in [6.45, 7) is 9.18. The Morgan fingerprint density at radius 3 is 2.36 bits per heavy atom. The van der Waals surface area contributed by atoms with E-state index in [0.717, 1.165) is 45.3 Å². The molecule has 0 aliphatic carbocycles. The van der Waals surface area contributed by atoms with Gasteiger partial charge in [0.1, 0.15) is 0 Å². The van der Waals surface area contributed by atoms with Crippen LogP contribution in [0, 0.1) is 0 Å². The molecule has 6 nitrogen and oxygen atoms in total. The fourth-order valence-corrected chi connectivity index (χ4v) is 3.25. The van der Waals surface area contributed by atoms with Crippen molar-refractivity contribution in [2.24, 2.45) is 0 Å². The molecule has 28 heavy (non-hydrogen) atoms. The topological polar surface area (TPSA) is 60.0 Å². The zero-order chi connectivity index (χ0) is 20.2. The summed E-state index contributed by atoms with van der Waals surface area (Å²) in [7, 11) is 1.57. The molecule has 1 fully saturated rings. The average Bonchev–Trinajstić information content (AvgIpc) is 3.22. The summed E-state index contributed by atoms with van der Waals surface area (Å²) in [5.74, 6) is 1.47. The van der Waals surface area contributed by atoms with Gasteiger partial charge in [-0.25, -0.2) is 0 Å². The molecule has 1 aliphatic rings. The summed E-state index contributed by atoms with van der Waals surface area (Å²) in [5.41, 5.74) is 0.485. The highest BCUT2D eigenvalue weighted by Gasteiger charge is 2.22. The molecule has 0 aromatic heterocycles. The Hall–Kier alpha value is -1.95. The number of rotatable bonds is 13. The minimum Gasteiger partial charge on any atom is -0.492 e. The molecule has 0 bridgehead atoms. The molecule has 1 saturated heterocycles. The Balaban J connectivity index is 2.10. The molecule has 6 heteroatoms. The third-order valence-corrected chi connectivity index (χ3v) is 4.94. The van der Waals surface area contributed by atoms with Gasteiger partial charge in [0.25, 0.3) is 5.91 Å². The van der Waals surface area contributed by atoms with Crippen molar-refractivity contribution < 1.29 is 19.0 Å². The predicted octanol–water partition coefficient (Wildman–Crippen LogP) is 3.88. The highest BCUT2D eigenvalue weighted by atomic mass is 16.5. The smallest absolute Gasteiger partial charge is 0.255 e. The number of nitrogens with zero attached hydrogens (tertiary/aromatic N) is 1. The number of methoxy groups -OCH3 is 1. The van der Waals surface area contributed by atoms with E-state index < -0.39 is 0 Å². The van der Waals surface area contributed by atoms with Crippen molar-refractivity contribution in [3.05, 3.63) is 17.7 Å². The molecule has 0 atom stereocenters. The number of hydrogen-bond acceptors (Lipinski definition) is 5. The van der Waals surface area contributed by atoms with E-state index in [1.165, 1.54) is 12.8 Å². The maximum atomic E-state index is 12.7. The Labute approximate surface area is 169 Å².